The fourth-order valence-corrected chi connectivity index (χ4v) is 6.13. The average molecular weight is 593 g/mol. The van der Waals surface area contributed by atoms with E-state index >= 15 is 0 Å². The molecule has 5 N–H and O–H groups in total. The maximum atomic E-state index is 6.57. The maximum Gasteiger partial charge on any atom is 0.222 e. The fraction of sp³-hybridized carbons (Fsp3) is 0.184. The highest BCUT2D eigenvalue weighted by atomic mass is 16.5. The molecule has 4 aromatic carbocycles. The third kappa shape index (κ3) is 6.58. The van der Waals surface area contributed by atoms with Crippen LogP contribution in [0.2, 0.25) is 0 Å². The van der Waals surface area contributed by atoms with E-state index < -0.39 is 0 Å². The molecule has 0 bridgehead atoms. The number of nitrogens with zero attached hydrogens (tertiary/aromatic N) is 3. The van der Waals surface area contributed by atoms with E-state index in [-0.39, 0.29) is 5.95 Å². The van der Waals surface area contributed by atoms with Crippen LogP contribution >= 0.6 is 0 Å². The van der Waals surface area contributed by atoms with Crippen LogP contribution in [0.15, 0.2) is 109 Å². The van der Waals surface area contributed by atoms with Gasteiger partial charge in [-0.25, -0.2) is 9.97 Å². The summed E-state index contributed by atoms with van der Waals surface area (Å²) in [5, 5.41) is 4.24. The number of ether oxygens (including phenoxy) is 1. The van der Waals surface area contributed by atoms with Gasteiger partial charge >= 0.3 is 0 Å². The number of fused-ring (bicyclic) bond motifs is 1. The third-order valence-electron chi connectivity index (χ3n) is 8.54. The van der Waals surface area contributed by atoms with Crippen molar-refractivity contribution in [1.82, 2.24) is 15.0 Å². The van der Waals surface area contributed by atoms with Gasteiger partial charge in [0.1, 0.15) is 18.2 Å². The lowest BCUT2D eigenvalue weighted by molar-refractivity contribution is 0.306. The normalized spacial score (nSPS) is 13.5. The summed E-state index contributed by atoms with van der Waals surface area (Å²) in [6.45, 7) is 0.509. The van der Waals surface area contributed by atoms with Crippen molar-refractivity contribution in [2.75, 3.05) is 16.8 Å². The van der Waals surface area contributed by atoms with E-state index in [0.29, 0.717) is 29.7 Å². The molecule has 0 atom stereocenters. The molecule has 0 aliphatic heterocycles. The molecule has 2 heterocycles. The Hall–Kier alpha value is -5.43. The number of nitrogens with one attached hydrogen (secondary N) is 1. The first-order chi connectivity index (χ1) is 22.1. The standard InChI is InChI=1S/C38H36N6O/c39-33-22-35(28-13-11-27(12-14-28)26-9-5-2-6-10-26)42-34-20-17-30(21-32(33)34)41-37-23-36(43-38(40)44-37)29-15-18-31(19-16-29)45-24-25-7-3-1-4-8-25/h1,3-4,7-8,11-23,26H,2,5-6,9-10,24H2,(H2,39,42)(H3,40,41,43,44). The summed E-state index contributed by atoms with van der Waals surface area (Å²) in [6, 6.07) is 36.5. The zero-order valence-electron chi connectivity index (χ0n) is 25.1. The number of rotatable bonds is 8. The molecule has 1 fully saturated rings. The van der Waals surface area contributed by atoms with Crippen molar-refractivity contribution in [3.8, 4) is 28.3 Å². The summed E-state index contributed by atoms with van der Waals surface area (Å²) in [4.78, 5) is 13.8. The molecule has 0 unspecified atom stereocenters. The summed E-state index contributed by atoms with van der Waals surface area (Å²) < 4.78 is 5.93. The molecule has 0 amide bonds. The Morgan fingerprint density at radius 3 is 2.16 bits per heavy atom. The van der Waals surface area contributed by atoms with Crippen molar-refractivity contribution in [1.29, 1.82) is 0 Å². The van der Waals surface area contributed by atoms with Gasteiger partial charge in [-0.2, -0.15) is 4.98 Å². The highest BCUT2D eigenvalue weighted by Crippen LogP contribution is 2.35. The van der Waals surface area contributed by atoms with Gasteiger partial charge in [0.25, 0.3) is 0 Å². The number of hydrogen-bond donors (Lipinski definition) is 3. The summed E-state index contributed by atoms with van der Waals surface area (Å²) in [7, 11) is 0. The molecular formula is C38H36N6O. The molecule has 1 saturated carbocycles. The average Bonchev–Trinajstić information content (AvgIpc) is 3.08. The minimum Gasteiger partial charge on any atom is -0.489 e. The molecule has 6 aromatic rings. The van der Waals surface area contributed by atoms with E-state index in [4.69, 9.17) is 21.2 Å². The predicted octanol–water partition coefficient (Wildman–Crippen LogP) is 8.89. The SMILES string of the molecule is Nc1nc(Nc2ccc3nc(-c4ccc(C5CCCCC5)cc4)cc(N)c3c2)cc(-c2ccc(OCc3ccccc3)cc2)n1. The topological polar surface area (TPSA) is 112 Å². The number of hydrogen-bond acceptors (Lipinski definition) is 7. The van der Waals surface area contributed by atoms with Crippen molar-refractivity contribution in [3.63, 3.8) is 0 Å². The van der Waals surface area contributed by atoms with Gasteiger partial charge in [0.05, 0.1) is 16.9 Å². The maximum absolute atomic E-state index is 6.57. The number of pyridine rings is 1. The molecule has 0 radical (unpaired) electrons. The van der Waals surface area contributed by atoms with Gasteiger partial charge < -0.3 is 21.5 Å². The Balaban J connectivity index is 1.07. The van der Waals surface area contributed by atoms with E-state index in [2.05, 4.69) is 39.6 Å². The largest absolute Gasteiger partial charge is 0.489 e. The second kappa shape index (κ2) is 12.7. The molecular weight excluding hydrogens is 556 g/mol. The van der Waals surface area contributed by atoms with Crippen molar-refractivity contribution >= 4 is 34.0 Å². The van der Waals surface area contributed by atoms with Crippen molar-refractivity contribution in [2.24, 2.45) is 0 Å². The van der Waals surface area contributed by atoms with Gasteiger partial charge in [0, 0.05) is 34.0 Å². The Morgan fingerprint density at radius 2 is 1.40 bits per heavy atom. The molecule has 45 heavy (non-hydrogen) atoms. The zero-order valence-corrected chi connectivity index (χ0v) is 25.1. The number of anilines is 4. The van der Waals surface area contributed by atoms with E-state index in [0.717, 1.165) is 44.7 Å². The summed E-state index contributed by atoms with van der Waals surface area (Å²) in [5.41, 5.74) is 21.1. The Labute approximate surface area is 263 Å². The fourth-order valence-electron chi connectivity index (χ4n) is 6.13. The lowest BCUT2D eigenvalue weighted by atomic mass is 9.84. The first-order valence-electron chi connectivity index (χ1n) is 15.6. The molecule has 7 nitrogen and oxygen atoms in total. The highest BCUT2D eigenvalue weighted by molar-refractivity contribution is 5.95. The van der Waals surface area contributed by atoms with Crippen LogP contribution in [0, 0.1) is 0 Å². The third-order valence-corrected chi connectivity index (χ3v) is 8.54. The van der Waals surface area contributed by atoms with Gasteiger partial charge in [-0.1, -0.05) is 73.9 Å². The Morgan fingerprint density at radius 1 is 0.689 bits per heavy atom. The van der Waals surface area contributed by atoms with Crippen LogP contribution in [-0.2, 0) is 6.61 Å². The van der Waals surface area contributed by atoms with Gasteiger partial charge in [0.15, 0.2) is 0 Å². The summed E-state index contributed by atoms with van der Waals surface area (Å²) >= 11 is 0. The first-order valence-corrected chi connectivity index (χ1v) is 15.6. The van der Waals surface area contributed by atoms with E-state index in [1.165, 1.54) is 37.7 Å². The monoisotopic (exact) mass is 592 g/mol. The van der Waals surface area contributed by atoms with Crippen molar-refractivity contribution < 1.29 is 4.74 Å². The molecule has 7 rings (SSSR count). The Kier molecular flexibility index (Phi) is 7.98. The molecule has 7 heteroatoms. The second-order valence-corrected chi connectivity index (χ2v) is 11.7. The van der Waals surface area contributed by atoms with Crippen LogP contribution < -0.4 is 21.5 Å². The minimum atomic E-state index is 0.181. The van der Waals surface area contributed by atoms with Crippen LogP contribution in [0.3, 0.4) is 0 Å². The van der Waals surface area contributed by atoms with E-state index in [1.807, 2.05) is 84.9 Å². The van der Waals surface area contributed by atoms with E-state index in [9.17, 15) is 0 Å². The van der Waals surface area contributed by atoms with Crippen LogP contribution in [0.4, 0.5) is 23.1 Å². The van der Waals surface area contributed by atoms with Crippen LogP contribution in [-0.4, -0.2) is 15.0 Å². The number of benzene rings is 4. The van der Waals surface area contributed by atoms with Gasteiger partial charge in [-0.3, -0.25) is 0 Å². The van der Waals surface area contributed by atoms with Crippen molar-refractivity contribution in [2.45, 2.75) is 44.6 Å². The summed E-state index contributed by atoms with van der Waals surface area (Å²) in [5.74, 6) is 2.23. The quantitative estimate of drug-likeness (QED) is 0.162. The molecule has 2 aromatic heterocycles. The molecule has 224 valence electrons. The van der Waals surface area contributed by atoms with Crippen LogP contribution in [0.1, 0.15) is 49.1 Å². The first kappa shape index (κ1) is 28.3. The lowest BCUT2D eigenvalue weighted by Gasteiger charge is -2.22. The molecule has 1 aliphatic carbocycles. The van der Waals surface area contributed by atoms with Gasteiger partial charge in [-0.15, -0.1) is 0 Å². The molecule has 0 saturated heterocycles. The number of aromatic nitrogens is 3. The van der Waals surface area contributed by atoms with Crippen LogP contribution in [0.5, 0.6) is 5.75 Å². The lowest BCUT2D eigenvalue weighted by Crippen LogP contribution is -2.04. The van der Waals surface area contributed by atoms with Crippen LogP contribution in [0.25, 0.3) is 33.4 Å². The summed E-state index contributed by atoms with van der Waals surface area (Å²) in [6.07, 6.45) is 6.60. The Bertz CT molecular complexity index is 1920. The smallest absolute Gasteiger partial charge is 0.222 e. The van der Waals surface area contributed by atoms with Crippen molar-refractivity contribution in [3.05, 3.63) is 120 Å². The highest BCUT2D eigenvalue weighted by Gasteiger charge is 2.16. The molecule has 0 spiro atoms. The van der Waals surface area contributed by atoms with Gasteiger partial charge in [0.2, 0.25) is 5.95 Å². The zero-order chi connectivity index (χ0) is 30.6. The molecule has 1 aliphatic rings. The minimum absolute atomic E-state index is 0.181. The van der Waals surface area contributed by atoms with Gasteiger partial charge in [-0.05, 0) is 78.4 Å². The number of nitrogens with two attached hydrogens (primary N) is 2. The number of nitrogen functional groups attached to an aromatic ring is 2. The predicted molar refractivity (Wildman–Crippen MR) is 183 cm³/mol. The second-order valence-electron chi connectivity index (χ2n) is 11.7. The van der Waals surface area contributed by atoms with E-state index in [1.54, 1.807) is 0 Å².